The van der Waals surface area contributed by atoms with E-state index in [1.54, 1.807) is 0 Å². The van der Waals surface area contributed by atoms with Crippen molar-refractivity contribution in [3.05, 3.63) is 57.3 Å². The molecule has 0 bridgehead atoms. The molecule has 2 rings (SSSR count). The number of amides is 1. The Bertz CT molecular complexity index is 725. The molecule has 0 saturated carbocycles. The lowest BCUT2D eigenvalue weighted by atomic mass is 10.1. The Kier molecular flexibility index (Phi) is 4.80. The fraction of sp³-hybridized carbons (Fsp3) is 0.267. The number of hydrogen-bond acceptors (Lipinski definition) is 4. The molecule has 0 aliphatic rings. The molecule has 2 aromatic rings. The van der Waals surface area contributed by atoms with Gasteiger partial charge in [-0.05, 0) is 43.4 Å². The van der Waals surface area contributed by atoms with Gasteiger partial charge in [-0.2, -0.15) is 11.8 Å². The second-order valence-corrected chi connectivity index (χ2v) is 5.63. The average Bonchev–Trinajstić information content (AvgIpc) is 2.42. The summed E-state index contributed by atoms with van der Waals surface area (Å²) in [4.78, 5) is 30.5. The Labute approximate surface area is 127 Å². The van der Waals surface area contributed by atoms with Crippen molar-refractivity contribution in [3.8, 4) is 0 Å². The minimum absolute atomic E-state index is 0.126. The van der Waals surface area contributed by atoms with Crippen LogP contribution in [-0.2, 0) is 5.75 Å². The highest BCUT2D eigenvalue weighted by Gasteiger charge is 2.11. The molecule has 0 aliphatic carbocycles. The normalized spacial score (nSPS) is 10.4. The minimum atomic E-state index is -0.383. The number of carbonyl (C=O) groups excluding carboxylic acids is 1. The van der Waals surface area contributed by atoms with E-state index in [0.717, 1.165) is 11.1 Å². The summed E-state index contributed by atoms with van der Waals surface area (Å²) in [5, 5.41) is 2.76. The minimum Gasteiger partial charge on any atom is -0.321 e. The highest BCUT2D eigenvalue weighted by Crippen LogP contribution is 2.14. The summed E-state index contributed by atoms with van der Waals surface area (Å²) in [6.45, 7) is 3.99. The zero-order chi connectivity index (χ0) is 15.4. The molecule has 0 radical (unpaired) electrons. The van der Waals surface area contributed by atoms with E-state index in [-0.39, 0.29) is 17.2 Å². The van der Waals surface area contributed by atoms with Gasteiger partial charge in [0.2, 0.25) is 0 Å². The van der Waals surface area contributed by atoms with E-state index in [1.165, 1.54) is 17.8 Å². The van der Waals surface area contributed by atoms with Gasteiger partial charge in [-0.15, -0.1) is 0 Å². The third-order valence-corrected chi connectivity index (χ3v) is 3.63. The Morgan fingerprint density at radius 2 is 2.05 bits per heavy atom. The van der Waals surface area contributed by atoms with Gasteiger partial charge in [0.1, 0.15) is 11.5 Å². The van der Waals surface area contributed by atoms with E-state index in [2.05, 4.69) is 15.3 Å². The number of benzene rings is 1. The molecule has 0 fully saturated rings. The molecule has 1 heterocycles. The third kappa shape index (κ3) is 3.95. The van der Waals surface area contributed by atoms with Crippen LogP contribution in [0.1, 0.15) is 27.4 Å². The van der Waals surface area contributed by atoms with Crippen LogP contribution < -0.4 is 10.9 Å². The van der Waals surface area contributed by atoms with Crippen molar-refractivity contribution in [2.75, 3.05) is 11.6 Å². The summed E-state index contributed by atoms with van der Waals surface area (Å²) in [7, 11) is 0. The fourth-order valence-electron chi connectivity index (χ4n) is 1.84. The number of nitrogens with one attached hydrogen (secondary N) is 2. The number of hydrogen-bond donors (Lipinski definition) is 2. The van der Waals surface area contributed by atoms with E-state index < -0.39 is 0 Å². The molecule has 0 aliphatic heterocycles. The van der Waals surface area contributed by atoms with Crippen molar-refractivity contribution in [1.29, 1.82) is 0 Å². The first-order valence-electron chi connectivity index (χ1n) is 6.47. The molecule has 2 N–H and O–H groups in total. The van der Waals surface area contributed by atoms with Crippen LogP contribution in [0.5, 0.6) is 0 Å². The molecule has 21 heavy (non-hydrogen) atoms. The number of rotatable bonds is 4. The highest BCUT2D eigenvalue weighted by atomic mass is 32.2. The lowest BCUT2D eigenvalue weighted by Crippen LogP contribution is -2.20. The summed E-state index contributed by atoms with van der Waals surface area (Å²) in [5.74, 6) is 0.673. The van der Waals surface area contributed by atoms with E-state index >= 15 is 0 Å². The Morgan fingerprint density at radius 1 is 1.29 bits per heavy atom. The van der Waals surface area contributed by atoms with Gasteiger partial charge in [0.15, 0.2) is 0 Å². The lowest BCUT2D eigenvalue weighted by molar-refractivity contribution is 0.102. The van der Waals surface area contributed by atoms with E-state index in [0.29, 0.717) is 17.3 Å². The number of aromatic amines is 1. The Hall–Kier alpha value is -2.08. The molecule has 1 aromatic heterocycles. The maximum Gasteiger partial charge on any atom is 0.274 e. The summed E-state index contributed by atoms with van der Waals surface area (Å²) in [5.41, 5.74) is 2.75. The zero-order valence-electron chi connectivity index (χ0n) is 12.2. The van der Waals surface area contributed by atoms with E-state index in [4.69, 9.17) is 0 Å². The summed E-state index contributed by atoms with van der Waals surface area (Å²) in [6.07, 6.45) is 1.90. The second kappa shape index (κ2) is 6.58. The van der Waals surface area contributed by atoms with Crippen LogP contribution >= 0.6 is 11.8 Å². The number of nitrogens with zero attached hydrogens (tertiary/aromatic N) is 1. The molecule has 5 nitrogen and oxygen atoms in total. The predicted octanol–water partition coefficient (Wildman–Crippen LogP) is 2.50. The molecule has 0 unspecified atom stereocenters. The smallest absolute Gasteiger partial charge is 0.274 e. The van der Waals surface area contributed by atoms with Crippen molar-refractivity contribution in [2.24, 2.45) is 0 Å². The zero-order valence-corrected chi connectivity index (χ0v) is 13.0. The largest absolute Gasteiger partial charge is 0.321 e. The van der Waals surface area contributed by atoms with Crippen LogP contribution in [-0.4, -0.2) is 22.1 Å². The molecule has 1 aromatic carbocycles. The quantitative estimate of drug-likeness (QED) is 0.910. The van der Waals surface area contributed by atoms with Crippen molar-refractivity contribution in [1.82, 2.24) is 9.97 Å². The number of anilines is 1. The second-order valence-electron chi connectivity index (χ2n) is 4.76. The van der Waals surface area contributed by atoms with E-state index in [1.807, 2.05) is 38.3 Å². The van der Waals surface area contributed by atoms with Gasteiger partial charge in [0.25, 0.3) is 11.5 Å². The topological polar surface area (TPSA) is 74.8 Å². The number of H-pyrrole nitrogens is 1. The highest BCUT2D eigenvalue weighted by molar-refractivity contribution is 7.97. The van der Waals surface area contributed by atoms with Crippen LogP contribution in [0, 0.1) is 13.8 Å². The molecule has 110 valence electrons. The molecule has 0 atom stereocenters. The predicted molar refractivity (Wildman–Crippen MR) is 85.9 cm³/mol. The average molecular weight is 303 g/mol. The van der Waals surface area contributed by atoms with Crippen LogP contribution in [0.2, 0.25) is 0 Å². The van der Waals surface area contributed by atoms with Crippen LogP contribution in [0.4, 0.5) is 5.69 Å². The van der Waals surface area contributed by atoms with E-state index in [9.17, 15) is 9.59 Å². The standard InChI is InChI=1S/C15H17N3O2S/c1-9-4-5-11(6-10(9)2)16-15(20)12-7-14(19)18-13(17-12)8-21-3/h4-7H,8H2,1-3H3,(H,16,20)(H,17,18,19). The molecule has 6 heteroatoms. The van der Waals surface area contributed by atoms with Crippen molar-refractivity contribution >= 4 is 23.4 Å². The van der Waals surface area contributed by atoms with Gasteiger partial charge in [0, 0.05) is 11.8 Å². The summed E-state index contributed by atoms with van der Waals surface area (Å²) >= 11 is 1.53. The van der Waals surface area contributed by atoms with Crippen molar-refractivity contribution in [3.63, 3.8) is 0 Å². The first-order valence-corrected chi connectivity index (χ1v) is 7.87. The number of aryl methyl sites for hydroxylation is 2. The number of thioether (sulfide) groups is 1. The maximum atomic E-state index is 12.2. The van der Waals surface area contributed by atoms with Crippen LogP contribution in [0.25, 0.3) is 0 Å². The van der Waals surface area contributed by atoms with Gasteiger partial charge in [-0.3, -0.25) is 9.59 Å². The monoisotopic (exact) mass is 303 g/mol. The summed E-state index contributed by atoms with van der Waals surface area (Å²) < 4.78 is 0. The molecule has 0 saturated heterocycles. The first kappa shape index (κ1) is 15.3. The lowest BCUT2D eigenvalue weighted by Gasteiger charge is -2.08. The Morgan fingerprint density at radius 3 is 2.71 bits per heavy atom. The van der Waals surface area contributed by atoms with Gasteiger partial charge < -0.3 is 10.3 Å². The molecule has 0 spiro atoms. The van der Waals surface area contributed by atoms with Crippen LogP contribution in [0.15, 0.2) is 29.1 Å². The fourth-order valence-corrected chi connectivity index (χ4v) is 2.25. The number of carbonyl (C=O) groups is 1. The van der Waals surface area contributed by atoms with Crippen LogP contribution in [0.3, 0.4) is 0 Å². The first-order chi connectivity index (χ1) is 9.99. The van der Waals surface area contributed by atoms with Gasteiger partial charge in [0.05, 0.1) is 5.75 Å². The molecule has 1 amide bonds. The molecular weight excluding hydrogens is 286 g/mol. The SMILES string of the molecule is CSCc1nc(C(=O)Nc2ccc(C)c(C)c2)cc(=O)[nH]1. The van der Waals surface area contributed by atoms with Crippen molar-refractivity contribution < 1.29 is 4.79 Å². The van der Waals surface area contributed by atoms with Gasteiger partial charge >= 0.3 is 0 Å². The summed E-state index contributed by atoms with van der Waals surface area (Å²) in [6, 6.07) is 6.87. The maximum absolute atomic E-state index is 12.2. The number of aromatic nitrogens is 2. The van der Waals surface area contributed by atoms with Gasteiger partial charge in [-0.1, -0.05) is 6.07 Å². The third-order valence-electron chi connectivity index (χ3n) is 3.07. The van der Waals surface area contributed by atoms with Gasteiger partial charge in [-0.25, -0.2) is 4.98 Å². The Balaban J connectivity index is 2.23. The van der Waals surface area contributed by atoms with Crippen molar-refractivity contribution in [2.45, 2.75) is 19.6 Å². The molecular formula is C15H17N3O2S.